The topological polar surface area (TPSA) is 222 Å². The number of nitrogen functional groups attached to an aromatic ring is 1. The van der Waals surface area contributed by atoms with Crippen molar-refractivity contribution in [3.8, 4) is 0 Å². The summed E-state index contributed by atoms with van der Waals surface area (Å²) in [7, 11) is -4.67. The molecule has 6 heterocycles. The SMILES string of the molecule is Nc1nc2c(ncn2OP(=O)(On2cnc3cncnc32)On2cnc3cncnc32)c(=O)[nH]1. The summed E-state index contributed by atoms with van der Waals surface area (Å²) in [6.07, 6.45) is 8.79. The number of imidazole rings is 3. The number of H-pyrrole nitrogens is 1. The van der Waals surface area contributed by atoms with E-state index < -0.39 is 13.4 Å². The number of rotatable bonds is 6. The lowest BCUT2D eigenvalue weighted by atomic mass is 10.5. The molecule has 19 heteroatoms. The van der Waals surface area contributed by atoms with Crippen LogP contribution >= 0.6 is 7.82 Å². The van der Waals surface area contributed by atoms with Crippen molar-refractivity contribution in [3.63, 3.8) is 0 Å². The molecule has 0 unspecified atom stereocenters. The summed E-state index contributed by atoms with van der Waals surface area (Å²) < 4.78 is 33.3. The molecule has 0 atom stereocenters. The van der Waals surface area contributed by atoms with Crippen LogP contribution in [-0.2, 0) is 4.57 Å². The quantitative estimate of drug-likeness (QED) is 0.265. The van der Waals surface area contributed by atoms with Gasteiger partial charge in [-0.1, -0.05) is 0 Å². The minimum atomic E-state index is -4.67. The summed E-state index contributed by atoms with van der Waals surface area (Å²) in [5.74, 6) is -0.214. The maximum Gasteiger partial charge on any atom is 0.706 e. The van der Waals surface area contributed by atoms with Gasteiger partial charge in [-0.3, -0.25) is 23.7 Å². The van der Waals surface area contributed by atoms with Gasteiger partial charge in [-0.05, 0) is 0 Å². The fourth-order valence-corrected chi connectivity index (χ4v) is 4.04. The van der Waals surface area contributed by atoms with E-state index in [1.165, 1.54) is 37.7 Å². The van der Waals surface area contributed by atoms with Crippen molar-refractivity contribution in [2.45, 2.75) is 0 Å². The van der Waals surface area contributed by atoms with E-state index >= 15 is 0 Å². The summed E-state index contributed by atoms with van der Waals surface area (Å²) in [6.45, 7) is 0. The minimum absolute atomic E-state index is 0.123. The molecular formula is C15H10N13O5P. The van der Waals surface area contributed by atoms with Crippen molar-refractivity contribution >= 4 is 47.3 Å². The van der Waals surface area contributed by atoms with Crippen molar-refractivity contribution < 1.29 is 18.4 Å². The standard InChI is InChI=1S/C15H10N13O5P/c16-15-24-13-10(14(29)25-15)23-7-28(13)33-34(30,31-26-5-21-8-1-17-3-19-11(8)26)32-27-6-22-9-2-18-4-20-12(9)27/h1-7H,(H3,16,24,25,29). The molecule has 0 saturated carbocycles. The molecule has 0 saturated heterocycles. The lowest BCUT2D eigenvalue weighted by Crippen LogP contribution is -2.25. The van der Waals surface area contributed by atoms with E-state index in [0.717, 1.165) is 20.5 Å². The maximum absolute atomic E-state index is 13.9. The first-order valence-corrected chi connectivity index (χ1v) is 10.6. The number of aromatic nitrogens is 12. The average Bonchev–Trinajstić information content (AvgIpc) is 3.52. The molecule has 0 aliphatic rings. The molecule has 0 aliphatic heterocycles. The van der Waals surface area contributed by atoms with E-state index in [9.17, 15) is 9.36 Å². The third-order valence-corrected chi connectivity index (χ3v) is 5.45. The zero-order valence-corrected chi connectivity index (χ0v) is 17.4. The van der Waals surface area contributed by atoms with Crippen molar-refractivity contribution in [1.29, 1.82) is 0 Å². The van der Waals surface area contributed by atoms with Gasteiger partial charge < -0.3 is 5.73 Å². The Kier molecular flexibility index (Phi) is 4.14. The van der Waals surface area contributed by atoms with Crippen LogP contribution in [0.25, 0.3) is 33.5 Å². The van der Waals surface area contributed by atoms with E-state index in [4.69, 9.17) is 19.6 Å². The van der Waals surface area contributed by atoms with Crippen LogP contribution in [0.15, 0.2) is 48.8 Å². The molecule has 3 N–H and O–H groups in total. The molecule has 0 aliphatic carbocycles. The molecule has 6 aromatic heterocycles. The number of nitrogens with two attached hydrogens (primary N) is 1. The number of fused-ring (bicyclic) bond motifs is 3. The molecule has 0 bridgehead atoms. The highest BCUT2D eigenvalue weighted by molar-refractivity contribution is 7.49. The smallest absolute Gasteiger partial charge is 0.369 e. The van der Waals surface area contributed by atoms with Gasteiger partial charge in [0, 0.05) is 0 Å². The Morgan fingerprint density at radius 3 is 1.91 bits per heavy atom. The Morgan fingerprint density at radius 2 is 1.32 bits per heavy atom. The second-order valence-electron chi connectivity index (χ2n) is 6.49. The van der Waals surface area contributed by atoms with Gasteiger partial charge in [0.1, 0.15) is 42.7 Å². The fraction of sp³-hybridized carbons (Fsp3) is 0. The lowest BCUT2D eigenvalue weighted by molar-refractivity contribution is 0.0961. The number of phosphoric acid groups is 1. The normalized spacial score (nSPS) is 11.9. The highest BCUT2D eigenvalue weighted by Crippen LogP contribution is 2.40. The van der Waals surface area contributed by atoms with Gasteiger partial charge in [-0.25, -0.2) is 34.9 Å². The van der Waals surface area contributed by atoms with Gasteiger partial charge in [0.05, 0.1) is 12.4 Å². The first kappa shape index (κ1) is 19.6. The van der Waals surface area contributed by atoms with E-state index in [1.807, 2.05) is 0 Å². The Hall–Kier alpha value is -5.12. The van der Waals surface area contributed by atoms with Gasteiger partial charge in [0.15, 0.2) is 16.8 Å². The van der Waals surface area contributed by atoms with E-state index in [2.05, 4.69) is 44.9 Å². The van der Waals surface area contributed by atoms with Gasteiger partial charge in [-0.2, -0.15) is 9.55 Å². The van der Waals surface area contributed by atoms with Crippen molar-refractivity contribution in [2.75, 3.05) is 5.73 Å². The van der Waals surface area contributed by atoms with Crippen LogP contribution in [0.1, 0.15) is 0 Å². The molecule has 170 valence electrons. The van der Waals surface area contributed by atoms with Crippen molar-refractivity contribution in [3.05, 3.63) is 54.4 Å². The van der Waals surface area contributed by atoms with Crippen LogP contribution < -0.4 is 25.2 Å². The van der Waals surface area contributed by atoms with Gasteiger partial charge >= 0.3 is 7.82 Å². The first-order valence-electron chi connectivity index (χ1n) is 9.18. The molecule has 6 rings (SSSR count). The van der Waals surface area contributed by atoms with Crippen LogP contribution in [-0.4, -0.2) is 59.0 Å². The predicted molar refractivity (Wildman–Crippen MR) is 111 cm³/mol. The number of aromatic amines is 1. The van der Waals surface area contributed by atoms with Crippen LogP contribution in [0.2, 0.25) is 0 Å². The Bertz CT molecular complexity index is 1710. The van der Waals surface area contributed by atoms with E-state index in [-0.39, 0.29) is 28.4 Å². The van der Waals surface area contributed by atoms with Crippen LogP contribution in [0, 0.1) is 0 Å². The third-order valence-electron chi connectivity index (χ3n) is 4.33. The monoisotopic (exact) mass is 483 g/mol. The van der Waals surface area contributed by atoms with Crippen molar-refractivity contribution in [1.82, 2.24) is 59.0 Å². The second kappa shape index (κ2) is 7.20. The number of anilines is 1. The molecule has 0 radical (unpaired) electrons. The zero-order chi connectivity index (χ0) is 23.3. The molecule has 0 spiro atoms. The van der Waals surface area contributed by atoms with E-state index in [1.54, 1.807) is 0 Å². The summed E-state index contributed by atoms with van der Waals surface area (Å²) in [4.78, 5) is 46.2. The molecule has 0 aromatic carbocycles. The first-order chi connectivity index (χ1) is 16.5. The number of nitrogens with one attached hydrogen (secondary N) is 1. The largest absolute Gasteiger partial charge is 0.706 e. The van der Waals surface area contributed by atoms with Gasteiger partial charge in [0.25, 0.3) is 5.56 Å². The third kappa shape index (κ3) is 3.21. The number of nitrogens with zero attached hydrogens (tertiary/aromatic N) is 11. The van der Waals surface area contributed by atoms with Crippen LogP contribution in [0.4, 0.5) is 5.95 Å². The van der Waals surface area contributed by atoms with Crippen LogP contribution in [0.3, 0.4) is 0 Å². The number of hydrogen-bond donors (Lipinski definition) is 2. The lowest BCUT2D eigenvalue weighted by Gasteiger charge is -2.18. The second-order valence-corrected chi connectivity index (χ2v) is 7.87. The molecule has 0 fully saturated rings. The van der Waals surface area contributed by atoms with Gasteiger partial charge in [0.2, 0.25) is 11.6 Å². The summed E-state index contributed by atoms with van der Waals surface area (Å²) in [5.41, 5.74) is 5.78. The summed E-state index contributed by atoms with van der Waals surface area (Å²) in [6, 6.07) is 0. The highest BCUT2D eigenvalue weighted by atomic mass is 31.2. The van der Waals surface area contributed by atoms with E-state index in [0.29, 0.717) is 11.0 Å². The van der Waals surface area contributed by atoms with Gasteiger partial charge in [-0.15, -0.1) is 14.2 Å². The predicted octanol–water partition coefficient (Wildman–Crippen LogP) is -1.22. The minimum Gasteiger partial charge on any atom is -0.369 e. The fourth-order valence-electron chi connectivity index (χ4n) is 2.95. The zero-order valence-electron chi connectivity index (χ0n) is 16.5. The van der Waals surface area contributed by atoms with Crippen molar-refractivity contribution in [2.24, 2.45) is 0 Å². The number of hydrogen-bond acceptors (Lipinski definition) is 14. The van der Waals surface area contributed by atoms with Crippen LogP contribution in [0.5, 0.6) is 0 Å². The molecular weight excluding hydrogens is 473 g/mol. The molecule has 6 aromatic rings. The highest BCUT2D eigenvalue weighted by Gasteiger charge is 2.38. The molecule has 18 nitrogen and oxygen atoms in total. The average molecular weight is 483 g/mol. The maximum atomic E-state index is 13.9. The Morgan fingerprint density at radius 1 is 0.794 bits per heavy atom. The molecule has 0 amide bonds. The Labute approximate surface area is 185 Å². The molecule has 34 heavy (non-hydrogen) atoms. The summed E-state index contributed by atoms with van der Waals surface area (Å²) >= 11 is 0. The summed E-state index contributed by atoms with van der Waals surface area (Å²) in [5, 5.41) is 0. The Balaban J connectivity index is 1.45.